The molecule has 5 nitrogen and oxygen atoms in total. The van der Waals surface area contributed by atoms with Crippen molar-refractivity contribution in [2.45, 2.75) is 51.6 Å². The maximum Gasteiger partial charge on any atom is 0.220 e. The summed E-state index contributed by atoms with van der Waals surface area (Å²) >= 11 is 0. The van der Waals surface area contributed by atoms with Crippen molar-refractivity contribution in [3.05, 3.63) is 65.7 Å². The molecule has 2 aromatic rings. The summed E-state index contributed by atoms with van der Waals surface area (Å²) in [6.07, 6.45) is 5.82. The summed E-state index contributed by atoms with van der Waals surface area (Å²) in [4.78, 5) is 10.5. The number of aliphatic imine (C=N–C) groups is 2. The first-order chi connectivity index (χ1) is 13.0. The van der Waals surface area contributed by atoms with E-state index in [1.807, 2.05) is 24.8 Å². The number of hydrogen-bond donors (Lipinski definition) is 2. The fraction of sp³-hybridized carbons (Fsp3) is 0.364. The number of nitrogens with zero attached hydrogens (tertiary/aromatic N) is 3. The van der Waals surface area contributed by atoms with Crippen LogP contribution in [-0.4, -0.2) is 17.6 Å². The Kier molecular flexibility index (Phi) is 5.79. The van der Waals surface area contributed by atoms with E-state index in [2.05, 4.69) is 58.5 Å². The van der Waals surface area contributed by atoms with Gasteiger partial charge in [0, 0.05) is 5.69 Å². The Balaban J connectivity index is 1.57. The first-order valence-electron chi connectivity index (χ1n) is 9.58. The van der Waals surface area contributed by atoms with Crippen molar-refractivity contribution >= 4 is 17.6 Å². The van der Waals surface area contributed by atoms with Crippen LogP contribution in [0, 0.1) is 0 Å². The number of rotatable bonds is 7. The van der Waals surface area contributed by atoms with E-state index >= 15 is 0 Å². The maximum atomic E-state index is 6.14. The molecule has 0 spiro atoms. The molecule has 0 amide bonds. The predicted molar refractivity (Wildman–Crippen MR) is 114 cm³/mol. The molecule has 0 saturated heterocycles. The molecule has 1 aliphatic heterocycles. The molecule has 3 rings (SSSR count). The van der Waals surface area contributed by atoms with E-state index in [-0.39, 0.29) is 5.96 Å². The van der Waals surface area contributed by atoms with Gasteiger partial charge in [-0.05, 0) is 62.8 Å². The molecule has 2 aromatic carbocycles. The Hall–Kier alpha value is -2.82. The van der Waals surface area contributed by atoms with Crippen molar-refractivity contribution in [2.24, 2.45) is 21.5 Å². The van der Waals surface area contributed by atoms with Crippen molar-refractivity contribution in [3.8, 4) is 0 Å². The Morgan fingerprint density at radius 3 is 2.22 bits per heavy atom. The molecule has 5 heteroatoms. The van der Waals surface area contributed by atoms with Gasteiger partial charge in [-0.1, -0.05) is 48.9 Å². The quantitative estimate of drug-likeness (QED) is 0.734. The lowest BCUT2D eigenvalue weighted by atomic mass is 10.0. The van der Waals surface area contributed by atoms with Gasteiger partial charge in [-0.2, -0.15) is 4.99 Å². The van der Waals surface area contributed by atoms with Crippen LogP contribution in [0.15, 0.2) is 64.6 Å². The molecular weight excluding hydrogens is 334 g/mol. The average molecular weight is 364 g/mol. The highest BCUT2D eigenvalue weighted by Gasteiger charge is 2.32. The van der Waals surface area contributed by atoms with Crippen LogP contribution in [0.2, 0.25) is 0 Å². The van der Waals surface area contributed by atoms with E-state index in [1.165, 1.54) is 30.4 Å². The SMILES string of the molecule is CC1(C)N=C(N)N=C(N)N1c1cccc(CCCCCc2ccccc2)c1. The van der Waals surface area contributed by atoms with Crippen LogP contribution in [-0.2, 0) is 12.8 Å². The van der Waals surface area contributed by atoms with E-state index < -0.39 is 5.66 Å². The Morgan fingerprint density at radius 1 is 0.852 bits per heavy atom. The highest BCUT2D eigenvalue weighted by Crippen LogP contribution is 2.28. The van der Waals surface area contributed by atoms with Gasteiger partial charge in [0.25, 0.3) is 0 Å². The number of aryl methyl sites for hydroxylation is 2. The topological polar surface area (TPSA) is 80.0 Å². The third kappa shape index (κ3) is 4.88. The van der Waals surface area contributed by atoms with Crippen molar-refractivity contribution in [1.29, 1.82) is 0 Å². The van der Waals surface area contributed by atoms with Crippen LogP contribution in [0.5, 0.6) is 0 Å². The zero-order valence-corrected chi connectivity index (χ0v) is 16.2. The van der Waals surface area contributed by atoms with E-state index in [9.17, 15) is 0 Å². The minimum absolute atomic E-state index is 0.225. The minimum atomic E-state index is -0.551. The van der Waals surface area contributed by atoms with Gasteiger partial charge in [-0.3, -0.25) is 4.90 Å². The van der Waals surface area contributed by atoms with Crippen LogP contribution in [0.25, 0.3) is 0 Å². The van der Waals surface area contributed by atoms with Crippen LogP contribution in [0.1, 0.15) is 44.2 Å². The normalized spacial score (nSPS) is 16.0. The zero-order chi connectivity index (χ0) is 19.3. The fourth-order valence-electron chi connectivity index (χ4n) is 3.58. The lowest BCUT2D eigenvalue weighted by Gasteiger charge is -2.38. The van der Waals surface area contributed by atoms with E-state index in [0.717, 1.165) is 18.5 Å². The molecule has 0 bridgehead atoms. The molecule has 0 aromatic heterocycles. The molecule has 1 heterocycles. The van der Waals surface area contributed by atoms with Crippen molar-refractivity contribution in [1.82, 2.24) is 0 Å². The minimum Gasteiger partial charge on any atom is -0.369 e. The Morgan fingerprint density at radius 2 is 1.52 bits per heavy atom. The average Bonchev–Trinajstić information content (AvgIpc) is 2.61. The summed E-state index contributed by atoms with van der Waals surface area (Å²) in [5, 5.41) is 0. The molecule has 0 fully saturated rings. The lowest BCUT2D eigenvalue weighted by molar-refractivity contribution is 0.533. The first-order valence-corrected chi connectivity index (χ1v) is 9.58. The Bertz CT molecular complexity index is 824. The monoisotopic (exact) mass is 363 g/mol. The molecule has 0 radical (unpaired) electrons. The van der Waals surface area contributed by atoms with Gasteiger partial charge >= 0.3 is 0 Å². The van der Waals surface area contributed by atoms with Gasteiger partial charge in [-0.15, -0.1) is 0 Å². The highest BCUT2D eigenvalue weighted by molar-refractivity contribution is 6.05. The van der Waals surface area contributed by atoms with Gasteiger partial charge < -0.3 is 11.5 Å². The third-order valence-corrected chi connectivity index (χ3v) is 4.84. The molecule has 4 N–H and O–H groups in total. The molecular formula is C22H29N5. The number of anilines is 1. The van der Waals surface area contributed by atoms with E-state index in [0.29, 0.717) is 5.96 Å². The molecule has 0 aliphatic carbocycles. The lowest BCUT2D eigenvalue weighted by Crippen LogP contribution is -2.54. The van der Waals surface area contributed by atoms with E-state index in [4.69, 9.17) is 11.5 Å². The summed E-state index contributed by atoms with van der Waals surface area (Å²) in [5.74, 6) is 0.607. The summed E-state index contributed by atoms with van der Waals surface area (Å²) in [6, 6.07) is 19.1. The van der Waals surface area contributed by atoms with Crippen LogP contribution in [0.4, 0.5) is 5.69 Å². The fourth-order valence-corrected chi connectivity index (χ4v) is 3.58. The summed E-state index contributed by atoms with van der Waals surface area (Å²) in [7, 11) is 0. The Labute approximate surface area is 161 Å². The highest BCUT2D eigenvalue weighted by atomic mass is 15.4. The molecule has 0 unspecified atom stereocenters. The van der Waals surface area contributed by atoms with Crippen LogP contribution < -0.4 is 16.4 Å². The second-order valence-corrected chi connectivity index (χ2v) is 7.49. The smallest absolute Gasteiger partial charge is 0.220 e. The first kappa shape index (κ1) is 19.0. The van der Waals surface area contributed by atoms with Gasteiger partial charge in [0.1, 0.15) is 5.66 Å². The van der Waals surface area contributed by atoms with Crippen LogP contribution >= 0.6 is 0 Å². The number of benzene rings is 2. The number of guanidine groups is 2. The summed E-state index contributed by atoms with van der Waals surface area (Å²) in [5.41, 5.74) is 15.1. The summed E-state index contributed by atoms with van der Waals surface area (Å²) < 4.78 is 0. The molecule has 1 aliphatic rings. The van der Waals surface area contributed by atoms with Gasteiger partial charge in [0.15, 0.2) is 0 Å². The van der Waals surface area contributed by atoms with Gasteiger partial charge in [0.05, 0.1) is 0 Å². The molecule has 0 saturated carbocycles. The second kappa shape index (κ2) is 8.25. The molecule has 142 valence electrons. The summed E-state index contributed by atoms with van der Waals surface area (Å²) in [6.45, 7) is 3.97. The van der Waals surface area contributed by atoms with Crippen molar-refractivity contribution in [3.63, 3.8) is 0 Å². The number of nitrogens with two attached hydrogens (primary N) is 2. The number of unbranched alkanes of at least 4 members (excludes halogenated alkanes) is 2. The second-order valence-electron chi connectivity index (χ2n) is 7.49. The van der Waals surface area contributed by atoms with Crippen molar-refractivity contribution in [2.75, 3.05) is 4.90 Å². The zero-order valence-electron chi connectivity index (χ0n) is 16.2. The standard InChI is InChI=1S/C22H29N5/c1-22(2)26-20(23)25-21(24)27(22)19-15-9-14-18(16-19)13-8-4-7-12-17-10-5-3-6-11-17/h3,5-6,9-11,14-16H,4,7-8,12-13H2,1-2H3,(H4,23,24,25,26). The van der Waals surface area contributed by atoms with Gasteiger partial charge in [0.2, 0.25) is 11.9 Å². The van der Waals surface area contributed by atoms with Crippen molar-refractivity contribution < 1.29 is 0 Å². The van der Waals surface area contributed by atoms with Gasteiger partial charge in [-0.25, -0.2) is 4.99 Å². The van der Waals surface area contributed by atoms with E-state index in [1.54, 1.807) is 0 Å². The predicted octanol–water partition coefficient (Wildman–Crippen LogP) is 3.83. The largest absolute Gasteiger partial charge is 0.369 e. The number of hydrogen-bond acceptors (Lipinski definition) is 5. The third-order valence-electron chi connectivity index (χ3n) is 4.84. The maximum absolute atomic E-state index is 6.14. The van der Waals surface area contributed by atoms with Crippen LogP contribution in [0.3, 0.4) is 0 Å². The molecule has 0 atom stereocenters. The molecule has 27 heavy (non-hydrogen) atoms.